The van der Waals surface area contributed by atoms with Gasteiger partial charge in [-0.05, 0) is 39.2 Å². The van der Waals surface area contributed by atoms with Crippen molar-refractivity contribution in [2.45, 2.75) is 46.3 Å². The number of likely N-dealkylation sites (tertiary alicyclic amines) is 1. The summed E-state index contributed by atoms with van der Waals surface area (Å²) in [4.78, 5) is 11.6. The van der Waals surface area contributed by atoms with E-state index < -0.39 is 0 Å². The molecule has 0 amide bonds. The SMILES string of the molecule is CCNC(=NCc1ccc(OC(C)C)nc1)N1CCC2(CCOC2)C1. The Kier molecular flexibility index (Phi) is 5.78. The van der Waals surface area contributed by atoms with Crippen molar-refractivity contribution < 1.29 is 9.47 Å². The summed E-state index contributed by atoms with van der Waals surface area (Å²) in [5, 5.41) is 3.43. The molecule has 3 rings (SSSR count). The molecule has 1 unspecified atom stereocenters. The number of aliphatic imine (C=N–C) groups is 1. The van der Waals surface area contributed by atoms with Gasteiger partial charge in [0.2, 0.25) is 5.88 Å². The van der Waals surface area contributed by atoms with Gasteiger partial charge in [0.05, 0.1) is 19.3 Å². The standard InChI is InChI=1S/C19H30N4O2/c1-4-20-18(23-9-7-19(13-23)8-10-24-14-19)22-12-16-5-6-17(21-11-16)25-15(2)3/h5-6,11,15H,4,7-10,12-14H2,1-3H3,(H,20,22). The molecule has 2 saturated heterocycles. The first-order chi connectivity index (χ1) is 12.1. The van der Waals surface area contributed by atoms with Gasteiger partial charge in [-0.15, -0.1) is 0 Å². The van der Waals surface area contributed by atoms with Crippen LogP contribution in [0.25, 0.3) is 0 Å². The van der Waals surface area contributed by atoms with Crippen molar-refractivity contribution in [3.05, 3.63) is 23.9 Å². The summed E-state index contributed by atoms with van der Waals surface area (Å²) in [5.74, 6) is 1.66. The smallest absolute Gasteiger partial charge is 0.213 e. The monoisotopic (exact) mass is 346 g/mol. The summed E-state index contributed by atoms with van der Waals surface area (Å²) in [6, 6.07) is 3.95. The van der Waals surface area contributed by atoms with Crippen LogP contribution in [0.3, 0.4) is 0 Å². The average molecular weight is 346 g/mol. The average Bonchev–Trinajstić information content (AvgIpc) is 3.23. The Hall–Kier alpha value is -1.82. The van der Waals surface area contributed by atoms with Gasteiger partial charge in [-0.25, -0.2) is 9.98 Å². The van der Waals surface area contributed by atoms with Crippen LogP contribution in [0.1, 0.15) is 39.2 Å². The van der Waals surface area contributed by atoms with Gasteiger partial charge in [-0.3, -0.25) is 0 Å². The molecule has 3 heterocycles. The van der Waals surface area contributed by atoms with Gasteiger partial charge in [-0.1, -0.05) is 6.07 Å². The Morgan fingerprint density at radius 2 is 2.32 bits per heavy atom. The second kappa shape index (κ2) is 8.04. The molecular weight excluding hydrogens is 316 g/mol. The molecule has 1 spiro atoms. The second-order valence-corrected chi connectivity index (χ2v) is 7.32. The molecule has 0 aliphatic carbocycles. The highest BCUT2D eigenvalue weighted by Crippen LogP contribution is 2.38. The van der Waals surface area contributed by atoms with Crippen molar-refractivity contribution in [2.75, 3.05) is 32.8 Å². The number of rotatable bonds is 5. The minimum atomic E-state index is 0.138. The largest absolute Gasteiger partial charge is 0.475 e. The fourth-order valence-corrected chi connectivity index (χ4v) is 3.49. The maximum atomic E-state index is 5.63. The van der Waals surface area contributed by atoms with Gasteiger partial charge >= 0.3 is 0 Å². The molecule has 1 aromatic rings. The summed E-state index contributed by atoms with van der Waals surface area (Å²) < 4.78 is 11.2. The van der Waals surface area contributed by atoms with E-state index in [0.717, 1.165) is 44.4 Å². The Labute approximate surface area is 150 Å². The van der Waals surface area contributed by atoms with Gasteiger partial charge in [0.1, 0.15) is 0 Å². The van der Waals surface area contributed by atoms with Crippen molar-refractivity contribution in [3.63, 3.8) is 0 Å². The molecule has 2 fully saturated rings. The maximum absolute atomic E-state index is 5.63. The highest BCUT2D eigenvalue weighted by Gasteiger charge is 2.42. The summed E-state index contributed by atoms with van der Waals surface area (Å²) >= 11 is 0. The number of pyridine rings is 1. The van der Waals surface area contributed by atoms with Gasteiger partial charge in [0, 0.05) is 43.9 Å². The lowest BCUT2D eigenvalue weighted by molar-refractivity contribution is 0.156. The van der Waals surface area contributed by atoms with Gasteiger partial charge in [0.15, 0.2) is 5.96 Å². The second-order valence-electron chi connectivity index (χ2n) is 7.32. The fourth-order valence-electron chi connectivity index (χ4n) is 3.49. The lowest BCUT2D eigenvalue weighted by Crippen LogP contribution is -2.41. The third kappa shape index (κ3) is 4.63. The predicted molar refractivity (Wildman–Crippen MR) is 98.9 cm³/mol. The molecule has 1 atom stereocenters. The lowest BCUT2D eigenvalue weighted by atomic mass is 9.87. The zero-order valence-corrected chi connectivity index (χ0v) is 15.6. The Morgan fingerprint density at radius 3 is 2.96 bits per heavy atom. The zero-order chi connectivity index (χ0) is 17.7. The number of nitrogens with one attached hydrogen (secondary N) is 1. The molecule has 0 radical (unpaired) electrons. The molecule has 2 aliphatic rings. The van der Waals surface area contributed by atoms with Crippen LogP contribution in [0.15, 0.2) is 23.3 Å². The van der Waals surface area contributed by atoms with E-state index in [9.17, 15) is 0 Å². The fraction of sp³-hybridized carbons (Fsp3) is 0.684. The minimum Gasteiger partial charge on any atom is -0.475 e. The van der Waals surface area contributed by atoms with E-state index in [1.54, 1.807) is 0 Å². The van der Waals surface area contributed by atoms with Crippen LogP contribution in [-0.4, -0.2) is 54.8 Å². The van der Waals surface area contributed by atoms with Crippen LogP contribution < -0.4 is 10.1 Å². The Bertz CT molecular complexity index is 580. The molecule has 0 aromatic carbocycles. The van der Waals surface area contributed by atoms with Crippen LogP contribution >= 0.6 is 0 Å². The number of guanidine groups is 1. The first kappa shape index (κ1) is 18.0. The molecule has 0 bridgehead atoms. The first-order valence-corrected chi connectivity index (χ1v) is 9.33. The summed E-state index contributed by atoms with van der Waals surface area (Å²) in [5.41, 5.74) is 1.43. The number of aromatic nitrogens is 1. The number of ether oxygens (including phenoxy) is 2. The number of hydrogen-bond acceptors (Lipinski definition) is 4. The number of nitrogens with zero attached hydrogens (tertiary/aromatic N) is 3. The predicted octanol–water partition coefficient (Wildman–Crippen LogP) is 2.45. The van der Waals surface area contributed by atoms with Gasteiger partial charge in [-0.2, -0.15) is 0 Å². The van der Waals surface area contributed by atoms with Crippen molar-refractivity contribution in [2.24, 2.45) is 10.4 Å². The minimum absolute atomic E-state index is 0.138. The highest BCUT2D eigenvalue weighted by atomic mass is 16.5. The van der Waals surface area contributed by atoms with E-state index >= 15 is 0 Å². The zero-order valence-electron chi connectivity index (χ0n) is 15.6. The maximum Gasteiger partial charge on any atom is 0.213 e. The van der Waals surface area contributed by atoms with Crippen molar-refractivity contribution in [3.8, 4) is 5.88 Å². The highest BCUT2D eigenvalue weighted by molar-refractivity contribution is 5.80. The number of hydrogen-bond donors (Lipinski definition) is 1. The molecule has 6 nitrogen and oxygen atoms in total. The van der Waals surface area contributed by atoms with Gasteiger partial charge < -0.3 is 19.7 Å². The molecule has 25 heavy (non-hydrogen) atoms. The summed E-state index contributed by atoms with van der Waals surface area (Å²) in [6.45, 7) is 11.5. The third-order valence-electron chi connectivity index (χ3n) is 4.82. The topological polar surface area (TPSA) is 59.0 Å². The molecular formula is C19H30N4O2. The van der Waals surface area contributed by atoms with E-state index in [0.29, 0.717) is 17.8 Å². The molecule has 0 saturated carbocycles. The quantitative estimate of drug-likeness (QED) is 0.655. The van der Waals surface area contributed by atoms with Crippen LogP contribution in [0.2, 0.25) is 0 Å². The van der Waals surface area contributed by atoms with E-state index in [2.05, 4.69) is 22.1 Å². The van der Waals surface area contributed by atoms with Crippen molar-refractivity contribution >= 4 is 5.96 Å². The van der Waals surface area contributed by atoms with E-state index in [1.165, 1.54) is 12.8 Å². The molecule has 6 heteroatoms. The van der Waals surface area contributed by atoms with Crippen molar-refractivity contribution in [1.82, 2.24) is 15.2 Å². The Morgan fingerprint density at radius 1 is 1.44 bits per heavy atom. The van der Waals surface area contributed by atoms with E-state index in [4.69, 9.17) is 14.5 Å². The van der Waals surface area contributed by atoms with E-state index in [1.807, 2.05) is 32.2 Å². The van der Waals surface area contributed by atoms with E-state index in [-0.39, 0.29) is 6.10 Å². The third-order valence-corrected chi connectivity index (χ3v) is 4.82. The van der Waals surface area contributed by atoms with Gasteiger partial charge in [0.25, 0.3) is 0 Å². The molecule has 2 aliphatic heterocycles. The van der Waals surface area contributed by atoms with Crippen molar-refractivity contribution in [1.29, 1.82) is 0 Å². The van der Waals surface area contributed by atoms with Crippen LogP contribution in [0, 0.1) is 5.41 Å². The molecule has 1 aromatic heterocycles. The van der Waals surface area contributed by atoms with Crippen LogP contribution in [0.4, 0.5) is 0 Å². The summed E-state index contributed by atoms with van der Waals surface area (Å²) in [7, 11) is 0. The molecule has 1 N–H and O–H groups in total. The lowest BCUT2D eigenvalue weighted by Gasteiger charge is -2.25. The Balaban J connectivity index is 1.62. The molecule has 138 valence electrons. The normalized spacial score (nSPS) is 23.7. The summed E-state index contributed by atoms with van der Waals surface area (Å²) in [6.07, 6.45) is 4.35. The first-order valence-electron chi connectivity index (χ1n) is 9.33. The van der Waals surface area contributed by atoms with Crippen LogP contribution in [-0.2, 0) is 11.3 Å². The van der Waals surface area contributed by atoms with Crippen LogP contribution in [0.5, 0.6) is 5.88 Å².